The zero-order valence-corrected chi connectivity index (χ0v) is 12.4. The van der Waals surface area contributed by atoms with Crippen LogP contribution in [0.3, 0.4) is 0 Å². The molecule has 0 aromatic carbocycles. The van der Waals surface area contributed by atoms with E-state index in [1.165, 1.54) is 0 Å². The predicted octanol–water partition coefficient (Wildman–Crippen LogP) is 0.958. The molecule has 5 nitrogen and oxygen atoms in total. The van der Waals surface area contributed by atoms with E-state index in [0.717, 1.165) is 58.0 Å². The number of pyridine rings is 1. The van der Waals surface area contributed by atoms with Crippen molar-refractivity contribution in [3.05, 3.63) is 24.4 Å². The van der Waals surface area contributed by atoms with Gasteiger partial charge in [-0.2, -0.15) is 0 Å². The fraction of sp³-hybridized carbons (Fsp3) is 0.667. The lowest BCUT2D eigenvalue weighted by atomic mass is 10.1. The van der Waals surface area contributed by atoms with Crippen molar-refractivity contribution in [1.82, 2.24) is 9.88 Å². The minimum absolute atomic E-state index is 0.256. The molecule has 0 saturated carbocycles. The van der Waals surface area contributed by atoms with Gasteiger partial charge in [-0.1, -0.05) is 6.07 Å². The van der Waals surface area contributed by atoms with Crippen molar-refractivity contribution in [2.75, 3.05) is 51.3 Å². The van der Waals surface area contributed by atoms with Crippen LogP contribution in [0.1, 0.15) is 12.8 Å². The minimum atomic E-state index is 0.256. The molecule has 2 rings (SSSR count). The molecule has 5 heteroatoms. The maximum Gasteiger partial charge on any atom is 0.128 e. The Morgan fingerprint density at radius 2 is 2.10 bits per heavy atom. The fourth-order valence-electron chi connectivity index (χ4n) is 2.61. The van der Waals surface area contributed by atoms with Gasteiger partial charge in [0, 0.05) is 58.7 Å². The van der Waals surface area contributed by atoms with E-state index in [0.29, 0.717) is 0 Å². The van der Waals surface area contributed by atoms with Crippen molar-refractivity contribution in [2.45, 2.75) is 18.9 Å². The van der Waals surface area contributed by atoms with Crippen LogP contribution in [0, 0.1) is 0 Å². The molecule has 2 heterocycles. The highest BCUT2D eigenvalue weighted by molar-refractivity contribution is 5.38. The van der Waals surface area contributed by atoms with Crippen LogP contribution in [0.25, 0.3) is 0 Å². The topological polar surface area (TPSA) is 54.6 Å². The van der Waals surface area contributed by atoms with Crippen LogP contribution in [0.5, 0.6) is 0 Å². The van der Waals surface area contributed by atoms with E-state index in [4.69, 9.17) is 10.5 Å². The molecule has 0 aliphatic carbocycles. The summed E-state index contributed by atoms with van der Waals surface area (Å²) in [5.74, 6) is 1.08. The summed E-state index contributed by atoms with van der Waals surface area (Å²) < 4.78 is 5.06. The Hall–Kier alpha value is -1.17. The van der Waals surface area contributed by atoms with E-state index in [9.17, 15) is 0 Å². The van der Waals surface area contributed by atoms with Gasteiger partial charge in [-0.05, 0) is 25.0 Å². The minimum Gasteiger partial charge on any atom is -0.385 e. The Balaban J connectivity index is 1.69. The second-order valence-corrected chi connectivity index (χ2v) is 5.37. The summed E-state index contributed by atoms with van der Waals surface area (Å²) in [6.45, 7) is 5.98. The van der Waals surface area contributed by atoms with E-state index in [1.807, 2.05) is 18.3 Å². The molecule has 1 aromatic heterocycles. The Morgan fingerprint density at radius 3 is 2.75 bits per heavy atom. The number of nitrogens with two attached hydrogens (primary N) is 1. The van der Waals surface area contributed by atoms with Crippen LogP contribution in [-0.2, 0) is 4.74 Å². The van der Waals surface area contributed by atoms with E-state index in [1.54, 1.807) is 7.11 Å². The summed E-state index contributed by atoms with van der Waals surface area (Å²) >= 11 is 0. The quantitative estimate of drug-likeness (QED) is 0.753. The first-order valence-corrected chi connectivity index (χ1v) is 7.42. The van der Waals surface area contributed by atoms with Crippen LogP contribution < -0.4 is 10.6 Å². The largest absolute Gasteiger partial charge is 0.385 e. The molecule has 0 amide bonds. The van der Waals surface area contributed by atoms with Gasteiger partial charge in [0.05, 0.1) is 0 Å². The average Bonchev–Trinajstić information content (AvgIpc) is 2.49. The average molecular weight is 278 g/mol. The zero-order valence-electron chi connectivity index (χ0n) is 12.4. The fourth-order valence-corrected chi connectivity index (χ4v) is 2.61. The Labute approximate surface area is 121 Å². The standard InChI is InChI=1S/C15H26N4O/c1-20-12-4-5-14(16)13-18-8-10-19(11-9-18)15-6-2-3-7-17-15/h2-3,6-7,14H,4-5,8-13,16H2,1H3. The van der Waals surface area contributed by atoms with Crippen molar-refractivity contribution in [3.8, 4) is 0 Å². The summed E-state index contributed by atoms with van der Waals surface area (Å²) in [6.07, 6.45) is 3.94. The molecular formula is C15H26N4O. The van der Waals surface area contributed by atoms with Crippen molar-refractivity contribution in [1.29, 1.82) is 0 Å². The van der Waals surface area contributed by atoms with Gasteiger partial charge < -0.3 is 15.4 Å². The number of rotatable bonds is 7. The number of aromatic nitrogens is 1. The molecule has 1 aliphatic rings. The molecule has 1 unspecified atom stereocenters. The maximum absolute atomic E-state index is 6.17. The lowest BCUT2D eigenvalue weighted by molar-refractivity contribution is 0.183. The van der Waals surface area contributed by atoms with Gasteiger partial charge in [0.2, 0.25) is 0 Å². The third kappa shape index (κ3) is 4.74. The Morgan fingerprint density at radius 1 is 1.30 bits per heavy atom. The van der Waals surface area contributed by atoms with Crippen molar-refractivity contribution in [2.24, 2.45) is 5.73 Å². The van der Waals surface area contributed by atoms with Gasteiger partial charge in [0.1, 0.15) is 5.82 Å². The third-order valence-electron chi connectivity index (χ3n) is 3.76. The van der Waals surface area contributed by atoms with Gasteiger partial charge >= 0.3 is 0 Å². The molecule has 1 atom stereocenters. The third-order valence-corrected chi connectivity index (χ3v) is 3.76. The molecule has 1 aromatic rings. The highest BCUT2D eigenvalue weighted by Gasteiger charge is 2.19. The SMILES string of the molecule is COCCCC(N)CN1CCN(c2ccccn2)CC1. The van der Waals surface area contributed by atoms with Gasteiger partial charge in [-0.3, -0.25) is 4.90 Å². The van der Waals surface area contributed by atoms with Gasteiger partial charge in [0.25, 0.3) is 0 Å². The highest BCUT2D eigenvalue weighted by atomic mass is 16.5. The first kappa shape index (κ1) is 15.2. The molecule has 20 heavy (non-hydrogen) atoms. The first-order chi connectivity index (χ1) is 9.79. The predicted molar refractivity (Wildman–Crippen MR) is 82.0 cm³/mol. The summed E-state index contributed by atoms with van der Waals surface area (Å²) in [5.41, 5.74) is 6.17. The Bertz CT molecular complexity index is 365. The van der Waals surface area contributed by atoms with Crippen LogP contribution in [-0.4, -0.2) is 62.4 Å². The number of methoxy groups -OCH3 is 1. The van der Waals surface area contributed by atoms with Gasteiger partial charge in [-0.15, -0.1) is 0 Å². The van der Waals surface area contributed by atoms with Crippen molar-refractivity contribution >= 4 is 5.82 Å². The number of piperazine rings is 1. The molecule has 0 radical (unpaired) electrons. The Kier molecular flexibility index (Phi) is 6.24. The van der Waals surface area contributed by atoms with E-state index >= 15 is 0 Å². The van der Waals surface area contributed by atoms with Crippen LogP contribution in [0.15, 0.2) is 24.4 Å². The molecule has 0 bridgehead atoms. The molecule has 2 N–H and O–H groups in total. The van der Waals surface area contributed by atoms with Gasteiger partial charge in [0.15, 0.2) is 0 Å². The molecule has 0 spiro atoms. The maximum atomic E-state index is 6.17. The van der Waals surface area contributed by atoms with Crippen LogP contribution in [0.4, 0.5) is 5.82 Å². The van der Waals surface area contributed by atoms with Crippen molar-refractivity contribution < 1.29 is 4.74 Å². The number of ether oxygens (including phenoxy) is 1. The summed E-state index contributed by atoms with van der Waals surface area (Å²) in [4.78, 5) is 9.20. The van der Waals surface area contributed by atoms with Crippen LogP contribution >= 0.6 is 0 Å². The lowest BCUT2D eigenvalue weighted by Crippen LogP contribution is -2.50. The first-order valence-electron chi connectivity index (χ1n) is 7.42. The summed E-state index contributed by atoms with van der Waals surface area (Å²) in [7, 11) is 1.74. The van der Waals surface area contributed by atoms with E-state index < -0.39 is 0 Å². The molecule has 1 saturated heterocycles. The number of hydrogen-bond donors (Lipinski definition) is 1. The highest BCUT2D eigenvalue weighted by Crippen LogP contribution is 2.12. The normalized spacial score (nSPS) is 18.2. The van der Waals surface area contributed by atoms with Crippen LogP contribution in [0.2, 0.25) is 0 Å². The monoisotopic (exact) mass is 278 g/mol. The molecule has 1 fully saturated rings. The molecule has 112 valence electrons. The number of nitrogens with zero attached hydrogens (tertiary/aromatic N) is 3. The van der Waals surface area contributed by atoms with E-state index in [-0.39, 0.29) is 6.04 Å². The summed E-state index contributed by atoms with van der Waals surface area (Å²) in [5, 5.41) is 0. The number of anilines is 1. The van der Waals surface area contributed by atoms with Gasteiger partial charge in [-0.25, -0.2) is 4.98 Å². The molecule has 1 aliphatic heterocycles. The summed E-state index contributed by atoms with van der Waals surface area (Å²) in [6, 6.07) is 6.33. The van der Waals surface area contributed by atoms with Crippen molar-refractivity contribution in [3.63, 3.8) is 0 Å². The molecular weight excluding hydrogens is 252 g/mol. The smallest absolute Gasteiger partial charge is 0.128 e. The second-order valence-electron chi connectivity index (χ2n) is 5.37. The lowest BCUT2D eigenvalue weighted by Gasteiger charge is -2.36. The van der Waals surface area contributed by atoms with E-state index in [2.05, 4.69) is 20.9 Å². The second kappa shape index (κ2) is 8.19. The number of hydrogen-bond acceptors (Lipinski definition) is 5. The zero-order chi connectivity index (χ0) is 14.2.